The lowest BCUT2D eigenvalue weighted by molar-refractivity contribution is -0.114. The maximum absolute atomic E-state index is 10.6. The SMILES string of the molecule is CC(=O)Nc1c[c]ccc1Br. The molecule has 1 N–H and O–H groups in total. The molecule has 0 spiro atoms. The highest BCUT2D eigenvalue weighted by molar-refractivity contribution is 9.10. The smallest absolute Gasteiger partial charge is 0.221 e. The van der Waals surface area contributed by atoms with E-state index in [4.69, 9.17) is 0 Å². The van der Waals surface area contributed by atoms with Crippen molar-refractivity contribution < 1.29 is 4.79 Å². The van der Waals surface area contributed by atoms with Gasteiger partial charge in [-0.05, 0) is 34.1 Å². The highest BCUT2D eigenvalue weighted by Crippen LogP contribution is 2.20. The third-order valence-electron chi connectivity index (χ3n) is 1.12. The molecule has 11 heavy (non-hydrogen) atoms. The van der Waals surface area contributed by atoms with E-state index in [2.05, 4.69) is 27.3 Å². The molecule has 0 saturated carbocycles. The summed E-state index contributed by atoms with van der Waals surface area (Å²) in [5, 5.41) is 2.66. The average molecular weight is 213 g/mol. The van der Waals surface area contributed by atoms with Crippen LogP contribution in [0.4, 0.5) is 5.69 Å². The van der Waals surface area contributed by atoms with Crippen molar-refractivity contribution in [3.63, 3.8) is 0 Å². The third kappa shape index (κ3) is 2.35. The highest BCUT2D eigenvalue weighted by Gasteiger charge is 1.98. The molecule has 0 aliphatic rings. The van der Waals surface area contributed by atoms with Crippen molar-refractivity contribution in [2.45, 2.75) is 6.92 Å². The van der Waals surface area contributed by atoms with Crippen LogP contribution in [0.1, 0.15) is 6.92 Å². The molecule has 1 aromatic carbocycles. The summed E-state index contributed by atoms with van der Waals surface area (Å²) in [6, 6.07) is 8.17. The van der Waals surface area contributed by atoms with Crippen molar-refractivity contribution in [2.24, 2.45) is 0 Å². The molecule has 0 aliphatic heterocycles. The topological polar surface area (TPSA) is 29.1 Å². The largest absolute Gasteiger partial charge is 0.325 e. The third-order valence-corrected chi connectivity index (χ3v) is 1.81. The van der Waals surface area contributed by atoms with Gasteiger partial charge in [0.05, 0.1) is 5.69 Å². The van der Waals surface area contributed by atoms with Gasteiger partial charge in [0.25, 0.3) is 0 Å². The van der Waals surface area contributed by atoms with Gasteiger partial charge in [-0.2, -0.15) is 0 Å². The van der Waals surface area contributed by atoms with Crippen molar-refractivity contribution >= 4 is 27.5 Å². The van der Waals surface area contributed by atoms with E-state index in [0.29, 0.717) is 0 Å². The van der Waals surface area contributed by atoms with Gasteiger partial charge in [0.2, 0.25) is 5.91 Å². The molecule has 1 radical (unpaired) electrons. The van der Waals surface area contributed by atoms with E-state index >= 15 is 0 Å². The second-order valence-electron chi connectivity index (χ2n) is 2.09. The van der Waals surface area contributed by atoms with Crippen LogP contribution < -0.4 is 5.32 Å². The number of hydrogen-bond donors (Lipinski definition) is 1. The minimum Gasteiger partial charge on any atom is -0.325 e. The van der Waals surface area contributed by atoms with Crippen molar-refractivity contribution in [1.82, 2.24) is 0 Å². The van der Waals surface area contributed by atoms with Gasteiger partial charge in [0.1, 0.15) is 0 Å². The Labute approximate surface area is 73.7 Å². The van der Waals surface area contributed by atoms with E-state index in [0.717, 1.165) is 10.2 Å². The Balaban J connectivity index is 2.86. The van der Waals surface area contributed by atoms with Gasteiger partial charge in [-0.1, -0.05) is 6.07 Å². The first-order valence-electron chi connectivity index (χ1n) is 3.13. The van der Waals surface area contributed by atoms with Crippen LogP contribution >= 0.6 is 15.9 Å². The fraction of sp³-hybridized carbons (Fsp3) is 0.125. The Morgan fingerprint density at radius 3 is 3.00 bits per heavy atom. The van der Waals surface area contributed by atoms with Gasteiger partial charge in [0.15, 0.2) is 0 Å². The quantitative estimate of drug-likeness (QED) is 0.761. The molecule has 0 saturated heterocycles. The Bertz CT molecular complexity index is 273. The van der Waals surface area contributed by atoms with E-state index in [1.54, 1.807) is 12.1 Å². The van der Waals surface area contributed by atoms with Crippen LogP contribution in [-0.4, -0.2) is 5.91 Å². The first kappa shape index (κ1) is 8.27. The van der Waals surface area contributed by atoms with E-state index in [9.17, 15) is 4.79 Å². The van der Waals surface area contributed by atoms with Crippen molar-refractivity contribution in [3.05, 3.63) is 28.7 Å². The predicted octanol–water partition coefficient (Wildman–Crippen LogP) is 2.21. The highest BCUT2D eigenvalue weighted by atomic mass is 79.9. The molecule has 57 valence electrons. The van der Waals surface area contributed by atoms with E-state index in [-0.39, 0.29) is 5.91 Å². The number of anilines is 1. The molecule has 3 heteroatoms. The summed E-state index contributed by atoms with van der Waals surface area (Å²) in [6.07, 6.45) is 0. The van der Waals surface area contributed by atoms with Gasteiger partial charge in [0, 0.05) is 11.4 Å². The summed E-state index contributed by atoms with van der Waals surface area (Å²) in [5.74, 6) is -0.0784. The van der Waals surface area contributed by atoms with Crippen LogP contribution in [0.2, 0.25) is 0 Å². The fourth-order valence-corrected chi connectivity index (χ4v) is 1.04. The van der Waals surface area contributed by atoms with Crippen molar-refractivity contribution in [1.29, 1.82) is 0 Å². The van der Waals surface area contributed by atoms with E-state index in [1.165, 1.54) is 6.92 Å². The summed E-state index contributed by atoms with van der Waals surface area (Å²) < 4.78 is 0.867. The maximum atomic E-state index is 10.6. The maximum Gasteiger partial charge on any atom is 0.221 e. The number of halogens is 1. The lowest BCUT2D eigenvalue weighted by atomic mass is 10.3. The standard InChI is InChI=1S/C8H7BrNO/c1-6(11)10-8-5-3-2-4-7(8)9/h2,4-5H,1H3,(H,10,11). The number of rotatable bonds is 1. The number of nitrogens with one attached hydrogen (secondary N) is 1. The molecule has 0 atom stereocenters. The van der Waals surface area contributed by atoms with Crippen molar-refractivity contribution in [2.75, 3.05) is 5.32 Å². The van der Waals surface area contributed by atoms with Gasteiger partial charge >= 0.3 is 0 Å². The number of carbonyl (C=O) groups excluding carboxylic acids is 1. The lowest BCUT2D eigenvalue weighted by Gasteiger charge is -2.02. The van der Waals surface area contributed by atoms with Gasteiger partial charge in [-0.25, -0.2) is 0 Å². The number of hydrogen-bond acceptors (Lipinski definition) is 1. The average Bonchev–Trinajstić information content (AvgIpc) is 1.93. The molecule has 1 aromatic rings. The second-order valence-corrected chi connectivity index (χ2v) is 2.94. The lowest BCUT2D eigenvalue weighted by Crippen LogP contribution is -2.05. The van der Waals surface area contributed by atoms with Crippen LogP contribution in [0, 0.1) is 6.07 Å². The van der Waals surface area contributed by atoms with Crippen LogP contribution in [-0.2, 0) is 4.79 Å². The first-order valence-corrected chi connectivity index (χ1v) is 3.92. The zero-order valence-electron chi connectivity index (χ0n) is 6.02. The van der Waals surface area contributed by atoms with Gasteiger partial charge < -0.3 is 5.32 Å². The second kappa shape index (κ2) is 3.53. The zero-order valence-corrected chi connectivity index (χ0v) is 7.60. The van der Waals surface area contributed by atoms with Crippen molar-refractivity contribution in [3.8, 4) is 0 Å². The summed E-state index contributed by atoms with van der Waals surface area (Å²) in [7, 11) is 0. The summed E-state index contributed by atoms with van der Waals surface area (Å²) in [5.41, 5.74) is 0.750. The molecule has 1 amide bonds. The molecule has 0 unspecified atom stereocenters. The monoisotopic (exact) mass is 212 g/mol. The molecular formula is C8H7BrNO. The normalized spacial score (nSPS) is 9.27. The Kier molecular flexibility index (Phi) is 2.65. The van der Waals surface area contributed by atoms with E-state index < -0.39 is 0 Å². The number of benzene rings is 1. The molecular weight excluding hydrogens is 206 g/mol. The van der Waals surface area contributed by atoms with Crippen LogP contribution in [0.3, 0.4) is 0 Å². The number of amides is 1. The molecule has 0 heterocycles. The minimum atomic E-state index is -0.0784. The van der Waals surface area contributed by atoms with Crippen LogP contribution in [0.5, 0.6) is 0 Å². The Hall–Kier alpha value is -0.830. The summed E-state index contributed by atoms with van der Waals surface area (Å²) in [4.78, 5) is 10.6. The van der Waals surface area contributed by atoms with Gasteiger partial charge in [-0.3, -0.25) is 4.79 Å². The van der Waals surface area contributed by atoms with E-state index in [1.807, 2.05) is 6.07 Å². The van der Waals surface area contributed by atoms with Gasteiger partial charge in [-0.15, -0.1) is 0 Å². The zero-order chi connectivity index (χ0) is 8.27. The van der Waals surface area contributed by atoms with Crippen LogP contribution in [0.25, 0.3) is 0 Å². The fourth-order valence-electron chi connectivity index (χ4n) is 0.697. The number of carbonyl (C=O) groups is 1. The molecule has 1 rings (SSSR count). The summed E-state index contributed by atoms with van der Waals surface area (Å²) >= 11 is 3.29. The summed E-state index contributed by atoms with van der Waals surface area (Å²) in [6.45, 7) is 1.47. The minimum absolute atomic E-state index is 0.0784. The molecule has 0 bridgehead atoms. The Morgan fingerprint density at radius 2 is 2.45 bits per heavy atom. The Morgan fingerprint density at radius 1 is 1.73 bits per heavy atom. The first-order chi connectivity index (χ1) is 5.20. The molecule has 0 aromatic heterocycles. The molecule has 2 nitrogen and oxygen atoms in total. The molecule has 0 fully saturated rings. The van der Waals surface area contributed by atoms with Crippen LogP contribution in [0.15, 0.2) is 22.7 Å². The molecule has 0 aliphatic carbocycles. The predicted molar refractivity (Wildman–Crippen MR) is 47.3 cm³/mol.